The number of hydrogen-bond acceptors (Lipinski definition) is 6. The molecule has 0 saturated heterocycles. The van der Waals surface area contributed by atoms with Gasteiger partial charge in [0, 0.05) is 24.1 Å². The number of ether oxygens (including phenoxy) is 3. The molecule has 2 amide bonds. The predicted molar refractivity (Wildman–Crippen MR) is 120 cm³/mol. The van der Waals surface area contributed by atoms with Crippen molar-refractivity contribution in [3.63, 3.8) is 0 Å². The van der Waals surface area contributed by atoms with Gasteiger partial charge in [0.1, 0.15) is 17.9 Å². The number of carbonyl (C=O) groups is 1. The molecule has 0 spiro atoms. The molecule has 0 atom stereocenters. The Balaban J connectivity index is 1.39. The quantitative estimate of drug-likeness (QED) is 0.439. The summed E-state index contributed by atoms with van der Waals surface area (Å²) in [6.45, 7) is 0. The van der Waals surface area contributed by atoms with E-state index in [1.807, 2.05) is 29.1 Å². The van der Waals surface area contributed by atoms with E-state index >= 15 is 0 Å². The number of hydrogen-bond donors (Lipinski definition) is 2. The van der Waals surface area contributed by atoms with E-state index in [2.05, 4.69) is 20.6 Å². The minimum Gasteiger partial charge on any atom is -0.493 e. The molecule has 32 heavy (non-hydrogen) atoms. The Morgan fingerprint density at radius 2 is 1.69 bits per heavy atom. The number of urea groups is 1. The molecule has 162 valence electrons. The summed E-state index contributed by atoms with van der Waals surface area (Å²) in [4.78, 5) is 20.8. The number of para-hydroxylation sites is 1. The fourth-order valence-corrected chi connectivity index (χ4v) is 3.01. The van der Waals surface area contributed by atoms with Crippen LogP contribution in [-0.2, 0) is 0 Å². The van der Waals surface area contributed by atoms with Crippen LogP contribution >= 0.6 is 0 Å². The molecular weight excluding hydrogens is 410 g/mol. The summed E-state index contributed by atoms with van der Waals surface area (Å²) in [5, 5.41) is 5.52. The Morgan fingerprint density at radius 3 is 2.41 bits per heavy atom. The Morgan fingerprint density at radius 1 is 0.906 bits per heavy atom. The van der Waals surface area contributed by atoms with Gasteiger partial charge in [-0.25, -0.2) is 14.8 Å². The number of amides is 2. The van der Waals surface area contributed by atoms with Gasteiger partial charge < -0.3 is 29.4 Å². The van der Waals surface area contributed by atoms with Gasteiger partial charge in [0.05, 0.1) is 19.9 Å². The van der Waals surface area contributed by atoms with Crippen molar-refractivity contribution >= 4 is 17.4 Å². The molecule has 0 unspecified atom stereocenters. The molecule has 9 heteroatoms. The standard InChI is InChI=1S/C23H21N5O4/c1-30-19-7-5-6-18(22(19)31-2)27-23(29)26-16-8-10-17(11-9-16)32-21-14-20(24-15-25-21)28-12-3-4-13-28/h3-15H,1-2H3,(H2,26,27,29). The Bertz CT molecular complexity index is 1190. The maximum atomic E-state index is 12.4. The third kappa shape index (κ3) is 4.78. The van der Waals surface area contributed by atoms with Crippen molar-refractivity contribution in [1.82, 2.24) is 14.5 Å². The second-order valence-corrected chi connectivity index (χ2v) is 6.55. The zero-order valence-electron chi connectivity index (χ0n) is 17.5. The van der Waals surface area contributed by atoms with Crippen molar-refractivity contribution in [2.24, 2.45) is 0 Å². The molecule has 2 heterocycles. The molecule has 0 aliphatic carbocycles. The van der Waals surface area contributed by atoms with Crippen LogP contribution in [0.1, 0.15) is 0 Å². The smallest absolute Gasteiger partial charge is 0.323 e. The Labute approximate surface area is 184 Å². The molecule has 9 nitrogen and oxygen atoms in total. The van der Waals surface area contributed by atoms with Crippen molar-refractivity contribution in [3.8, 4) is 28.9 Å². The highest BCUT2D eigenvalue weighted by atomic mass is 16.5. The van der Waals surface area contributed by atoms with Crippen molar-refractivity contribution < 1.29 is 19.0 Å². The average molecular weight is 431 g/mol. The molecule has 0 aliphatic rings. The molecule has 0 fully saturated rings. The van der Waals surface area contributed by atoms with Crippen LogP contribution in [0.25, 0.3) is 5.82 Å². The number of carbonyl (C=O) groups excluding carboxylic acids is 1. The van der Waals surface area contributed by atoms with E-state index in [0.717, 1.165) is 0 Å². The molecule has 0 bridgehead atoms. The van der Waals surface area contributed by atoms with E-state index in [1.165, 1.54) is 20.5 Å². The molecule has 2 aromatic heterocycles. The van der Waals surface area contributed by atoms with E-state index in [0.29, 0.717) is 40.3 Å². The van der Waals surface area contributed by atoms with Crippen LogP contribution in [0, 0.1) is 0 Å². The SMILES string of the molecule is COc1cccc(NC(=O)Nc2ccc(Oc3cc(-n4cccc4)ncn3)cc2)c1OC. The van der Waals surface area contributed by atoms with E-state index in [4.69, 9.17) is 14.2 Å². The Hall–Kier alpha value is -4.53. The van der Waals surface area contributed by atoms with Crippen LogP contribution in [0.3, 0.4) is 0 Å². The monoisotopic (exact) mass is 431 g/mol. The number of rotatable bonds is 7. The van der Waals surface area contributed by atoms with Gasteiger partial charge in [-0.1, -0.05) is 6.07 Å². The van der Waals surface area contributed by atoms with Crippen LogP contribution in [0.15, 0.2) is 79.4 Å². The van der Waals surface area contributed by atoms with Crippen molar-refractivity contribution in [2.45, 2.75) is 0 Å². The van der Waals surface area contributed by atoms with Gasteiger partial charge in [-0.3, -0.25) is 0 Å². The lowest BCUT2D eigenvalue weighted by molar-refractivity contribution is 0.262. The van der Waals surface area contributed by atoms with Gasteiger partial charge in [0.2, 0.25) is 5.88 Å². The molecular formula is C23H21N5O4. The molecule has 2 aromatic carbocycles. The highest BCUT2D eigenvalue weighted by molar-refractivity contribution is 6.01. The summed E-state index contributed by atoms with van der Waals surface area (Å²) in [7, 11) is 3.05. The molecule has 2 N–H and O–H groups in total. The topological polar surface area (TPSA) is 99.5 Å². The fourth-order valence-electron chi connectivity index (χ4n) is 3.01. The first-order valence-electron chi connectivity index (χ1n) is 9.68. The second kappa shape index (κ2) is 9.52. The second-order valence-electron chi connectivity index (χ2n) is 6.55. The number of nitrogens with one attached hydrogen (secondary N) is 2. The molecule has 0 radical (unpaired) electrons. The van der Waals surface area contributed by atoms with Crippen molar-refractivity contribution in [2.75, 3.05) is 24.9 Å². The molecule has 0 aliphatic heterocycles. The zero-order valence-corrected chi connectivity index (χ0v) is 17.5. The first kappa shape index (κ1) is 20.7. The molecule has 0 saturated carbocycles. The van der Waals surface area contributed by atoms with E-state index in [-0.39, 0.29) is 0 Å². The van der Waals surface area contributed by atoms with Gasteiger partial charge in [-0.05, 0) is 48.5 Å². The summed E-state index contributed by atoms with van der Waals surface area (Å²) >= 11 is 0. The predicted octanol–water partition coefficient (Wildman–Crippen LogP) is 4.72. The number of aromatic nitrogens is 3. The summed E-state index contributed by atoms with van der Waals surface area (Å²) in [5.74, 6) is 2.65. The number of methoxy groups -OCH3 is 2. The van der Waals surface area contributed by atoms with Crippen LogP contribution in [-0.4, -0.2) is 34.8 Å². The summed E-state index contributed by atoms with van der Waals surface area (Å²) in [6.07, 6.45) is 5.22. The first-order valence-corrected chi connectivity index (χ1v) is 9.68. The van der Waals surface area contributed by atoms with Crippen LogP contribution in [0.5, 0.6) is 23.1 Å². The van der Waals surface area contributed by atoms with Crippen LogP contribution in [0.4, 0.5) is 16.2 Å². The minimum absolute atomic E-state index is 0.410. The van der Waals surface area contributed by atoms with E-state index in [9.17, 15) is 4.79 Å². The number of nitrogens with zero attached hydrogens (tertiary/aromatic N) is 3. The fraction of sp³-hybridized carbons (Fsp3) is 0.0870. The van der Waals surface area contributed by atoms with Gasteiger partial charge in [-0.15, -0.1) is 0 Å². The average Bonchev–Trinajstić information content (AvgIpc) is 3.35. The zero-order chi connectivity index (χ0) is 22.3. The number of benzene rings is 2. The van der Waals surface area contributed by atoms with Gasteiger partial charge in [-0.2, -0.15) is 0 Å². The van der Waals surface area contributed by atoms with Crippen LogP contribution in [0.2, 0.25) is 0 Å². The highest BCUT2D eigenvalue weighted by Gasteiger charge is 2.12. The summed E-state index contributed by atoms with van der Waals surface area (Å²) in [6, 6.07) is 17.3. The van der Waals surface area contributed by atoms with E-state index in [1.54, 1.807) is 48.5 Å². The first-order chi connectivity index (χ1) is 15.7. The minimum atomic E-state index is -0.419. The van der Waals surface area contributed by atoms with Gasteiger partial charge in [0.15, 0.2) is 11.5 Å². The maximum absolute atomic E-state index is 12.4. The highest BCUT2D eigenvalue weighted by Crippen LogP contribution is 2.34. The maximum Gasteiger partial charge on any atom is 0.323 e. The lowest BCUT2D eigenvalue weighted by Crippen LogP contribution is -2.19. The lowest BCUT2D eigenvalue weighted by Gasteiger charge is -2.14. The van der Waals surface area contributed by atoms with E-state index < -0.39 is 6.03 Å². The van der Waals surface area contributed by atoms with Crippen molar-refractivity contribution in [1.29, 1.82) is 0 Å². The van der Waals surface area contributed by atoms with Crippen molar-refractivity contribution in [3.05, 3.63) is 79.4 Å². The molecule has 4 aromatic rings. The lowest BCUT2D eigenvalue weighted by atomic mass is 10.2. The third-order valence-corrected chi connectivity index (χ3v) is 4.48. The van der Waals surface area contributed by atoms with Gasteiger partial charge in [0.25, 0.3) is 0 Å². The normalized spacial score (nSPS) is 10.3. The number of anilines is 2. The third-order valence-electron chi connectivity index (χ3n) is 4.48. The molecule has 4 rings (SSSR count). The largest absolute Gasteiger partial charge is 0.493 e. The van der Waals surface area contributed by atoms with Gasteiger partial charge >= 0.3 is 6.03 Å². The van der Waals surface area contributed by atoms with Crippen LogP contribution < -0.4 is 24.8 Å². The summed E-state index contributed by atoms with van der Waals surface area (Å²) in [5.41, 5.74) is 1.08. The Kier molecular flexibility index (Phi) is 6.17. The summed E-state index contributed by atoms with van der Waals surface area (Å²) < 4.78 is 18.2.